The predicted molar refractivity (Wildman–Crippen MR) is 78.2 cm³/mol. The number of hydrogen-bond acceptors (Lipinski definition) is 2. The molecule has 0 aliphatic heterocycles. The molecule has 1 N–H and O–H groups in total. The minimum atomic E-state index is -3.58. The molecule has 19 heavy (non-hydrogen) atoms. The fraction of sp³-hybridized carbons (Fsp3) is 0.143. The van der Waals surface area contributed by atoms with Gasteiger partial charge < -0.3 is 0 Å². The summed E-state index contributed by atoms with van der Waals surface area (Å²) in [5, 5.41) is 0.520. The highest BCUT2D eigenvalue weighted by atomic mass is 35.5. The molecular formula is C14H14ClNO2S. The summed E-state index contributed by atoms with van der Waals surface area (Å²) >= 11 is 5.83. The van der Waals surface area contributed by atoms with Crippen LogP contribution in [0.1, 0.15) is 11.1 Å². The number of aryl methyl sites for hydroxylation is 2. The first-order chi connectivity index (χ1) is 8.88. The molecule has 0 atom stereocenters. The number of halogens is 1. The van der Waals surface area contributed by atoms with Gasteiger partial charge in [0, 0.05) is 10.7 Å². The Morgan fingerprint density at radius 1 is 1.00 bits per heavy atom. The molecule has 2 aromatic carbocycles. The van der Waals surface area contributed by atoms with E-state index in [9.17, 15) is 8.42 Å². The molecule has 0 amide bonds. The van der Waals surface area contributed by atoms with Gasteiger partial charge in [-0.25, -0.2) is 8.42 Å². The Morgan fingerprint density at radius 2 is 1.63 bits per heavy atom. The number of nitrogens with one attached hydrogen (secondary N) is 1. The third-order valence-corrected chi connectivity index (χ3v) is 4.51. The lowest BCUT2D eigenvalue weighted by Gasteiger charge is -2.10. The normalized spacial score (nSPS) is 11.3. The van der Waals surface area contributed by atoms with E-state index in [1.807, 2.05) is 19.1 Å². The summed E-state index contributed by atoms with van der Waals surface area (Å²) in [6.07, 6.45) is 0. The monoisotopic (exact) mass is 295 g/mol. The highest BCUT2D eigenvalue weighted by molar-refractivity contribution is 7.92. The van der Waals surface area contributed by atoms with E-state index < -0.39 is 10.0 Å². The summed E-state index contributed by atoms with van der Waals surface area (Å²) < 4.78 is 27.1. The van der Waals surface area contributed by atoms with Gasteiger partial charge >= 0.3 is 0 Å². The molecular weight excluding hydrogens is 282 g/mol. The van der Waals surface area contributed by atoms with E-state index in [1.54, 1.807) is 31.2 Å². The number of rotatable bonds is 3. The molecule has 0 aliphatic rings. The molecule has 0 saturated carbocycles. The maximum Gasteiger partial charge on any atom is 0.262 e. The molecule has 0 aliphatic carbocycles. The molecule has 0 unspecified atom stereocenters. The Hall–Kier alpha value is -1.52. The Balaban J connectivity index is 2.35. The summed E-state index contributed by atoms with van der Waals surface area (Å²) in [6.45, 7) is 3.66. The Kier molecular flexibility index (Phi) is 3.83. The Labute approximate surface area is 118 Å². The SMILES string of the molecule is Cc1ccc(NS(=O)(=O)c2ccc(Cl)cc2C)cc1. The molecule has 3 nitrogen and oxygen atoms in total. The van der Waals surface area contributed by atoms with Crippen LogP contribution in [0.5, 0.6) is 0 Å². The van der Waals surface area contributed by atoms with Crippen molar-refractivity contribution in [1.82, 2.24) is 0 Å². The molecule has 5 heteroatoms. The van der Waals surface area contributed by atoms with Gasteiger partial charge in [0.15, 0.2) is 0 Å². The maximum absolute atomic E-state index is 12.3. The van der Waals surface area contributed by atoms with E-state index in [1.165, 1.54) is 6.07 Å². The second kappa shape index (κ2) is 5.23. The van der Waals surface area contributed by atoms with Crippen LogP contribution in [0.4, 0.5) is 5.69 Å². The zero-order valence-electron chi connectivity index (χ0n) is 10.6. The molecule has 0 aromatic heterocycles. The summed E-state index contributed by atoms with van der Waals surface area (Å²) in [4.78, 5) is 0.234. The molecule has 0 spiro atoms. The highest BCUT2D eigenvalue weighted by Crippen LogP contribution is 2.22. The van der Waals surface area contributed by atoms with Crippen LogP contribution in [-0.4, -0.2) is 8.42 Å². The summed E-state index contributed by atoms with van der Waals surface area (Å²) in [5.41, 5.74) is 2.23. The Morgan fingerprint density at radius 3 is 2.21 bits per heavy atom. The van der Waals surface area contributed by atoms with E-state index in [4.69, 9.17) is 11.6 Å². The lowest BCUT2D eigenvalue weighted by Crippen LogP contribution is -2.14. The topological polar surface area (TPSA) is 46.2 Å². The Bertz CT molecular complexity index is 694. The second-order valence-corrected chi connectivity index (χ2v) is 6.47. The first-order valence-corrected chi connectivity index (χ1v) is 7.60. The number of sulfonamides is 1. The first-order valence-electron chi connectivity index (χ1n) is 5.74. The van der Waals surface area contributed by atoms with Gasteiger partial charge in [0.2, 0.25) is 0 Å². The molecule has 0 saturated heterocycles. The van der Waals surface area contributed by atoms with Crippen molar-refractivity contribution in [2.45, 2.75) is 18.7 Å². The van der Waals surface area contributed by atoms with Crippen molar-refractivity contribution in [3.63, 3.8) is 0 Å². The van der Waals surface area contributed by atoms with Gasteiger partial charge in [-0.15, -0.1) is 0 Å². The first kappa shape index (κ1) is 13.9. The summed E-state index contributed by atoms with van der Waals surface area (Å²) in [5.74, 6) is 0. The molecule has 0 bridgehead atoms. The van der Waals surface area contributed by atoms with Crippen LogP contribution in [0.2, 0.25) is 5.02 Å². The minimum Gasteiger partial charge on any atom is -0.280 e. The van der Waals surface area contributed by atoms with Crippen molar-refractivity contribution in [3.05, 3.63) is 58.6 Å². The molecule has 0 heterocycles. The lowest BCUT2D eigenvalue weighted by molar-refractivity contribution is 0.600. The molecule has 2 aromatic rings. The van der Waals surface area contributed by atoms with Gasteiger partial charge in [-0.2, -0.15) is 0 Å². The van der Waals surface area contributed by atoms with E-state index in [-0.39, 0.29) is 4.90 Å². The smallest absolute Gasteiger partial charge is 0.262 e. The largest absolute Gasteiger partial charge is 0.280 e. The van der Waals surface area contributed by atoms with Crippen LogP contribution in [0.25, 0.3) is 0 Å². The minimum absolute atomic E-state index is 0.234. The second-order valence-electron chi connectivity index (χ2n) is 4.38. The van der Waals surface area contributed by atoms with E-state index in [2.05, 4.69) is 4.72 Å². The zero-order chi connectivity index (χ0) is 14.0. The number of anilines is 1. The number of hydrogen-bond donors (Lipinski definition) is 1. The fourth-order valence-corrected chi connectivity index (χ4v) is 3.26. The molecule has 100 valence electrons. The molecule has 0 radical (unpaired) electrons. The van der Waals surface area contributed by atoms with Crippen LogP contribution >= 0.6 is 11.6 Å². The average molecular weight is 296 g/mol. The quantitative estimate of drug-likeness (QED) is 0.937. The standard InChI is InChI=1S/C14H14ClNO2S/c1-10-3-6-13(7-4-10)16-19(17,18)14-8-5-12(15)9-11(14)2/h3-9,16H,1-2H3. The van der Waals surface area contributed by atoms with Crippen molar-refractivity contribution < 1.29 is 8.42 Å². The molecule has 2 rings (SSSR count). The summed E-state index contributed by atoms with van der Waals surface area (Å²) in [7, 11) is -3.58. The average Bonchev–Trinajstić information content (AvgIpc) is 2.31. The predicted octanol–water partition coefficient (Wildman–Crippen LogP) is 3.76. The highest BCUT2D eigenvalue weighted by Gasteiger charge is 2.16. The van der Waals surface area contributed by atoms with Crippen molar-refractivity contribution in [2.75, 3.05) is 4.72 Å². The van der Waals surface area contributed by atoms with Crippen molar-refractivity contribution in [2.24, 2.45) is 0 Å². The van der Waals surface area contributed by atoms with Crippen molar-refractivity contribution in [1.29, 1.82) is 0 Å². The van der Waals surface area contributed by atoms with Gasteiger partial charge in [-0.05, 0) is 49.7 Å². The van der Waals surface area contributed by atoms with Gasteiger partial charge in [0.25, 0.3) is 10.0 Å². The third kappa shape index (κ3) is 3.28. The van der Waals surface area contributed by atoms with Gasteiger partial charge in [-0.1, -0.05) is 29.3 Å². The van der Waals surface area contributed by atoms with E-state index >= 15 is 0 Å². The van der Waals surface area contributed by atoms with E-state index in [0.29, 0.717) is 16.3 Å². The van der Waals surface area contributed by atoms with Crippen LogP contribution < -0.4 is 4.72 Å². The maximum atomic E-state index is 12.3. The van der Waals surface area contributed by atoms with Crippen molar-refractivity contribution in [3.8, 4) is 0 Å². The van der Waals surface area contributed by atoms with Crippen LogP contribution in [0.3, 0.4) is 0 Å². The number of benzene rings is 2. The molecule has 0 fully saturated rings. The van der Waals surface area contributed by atoms with Crippen molar-refractivity contribution >= 4 is 27.3 Å². The van der Waals surface area contributed by atoms with Crippen LogP contribution in [0, 0.1) is 13.8 Å². The fourth-order valence-electron chi connectivity index (χ4n) is 1.75. The van der Waals surface area contributed by atoms with Crippen LogP contribution in [-0.2, 0) is 10.0 Å². The lowest BCUT2D eigenvalue weighted by atomic mass is 10.2. The summed E-state index contributed by atoms with van der Waals surface area (Å²) in [6, 6.07) is 11.9. The zero-order valence-corrected chi connectivity index (χ0v) is 12.2. The van der Waals surface area contributed by atoms with Crippen LogP contribution in [0.15, 0.2) is 47.4 Å². The van der Waals surface area contributed by atoms with Gasteiger partial charge in [0.1, 0.15) is 0 Å². The van der Waals surface area contributed by atoms with Gasteiger partial charge in [0.05, 0.1) is 4.90 Å². The van der Waals surface area contributed by atoms with Gasteiger partial charge in [-0.3, -0.25) is 4.72 Å². The third-order valence-electron chi connectivity index (χ3n) is 2.73. The van der Waals surface area contributed by atoms with E-state index in [0.717, 1.165) is 5.56 Å².